The summed E-state index contributed by atoms with van der Waals surface area (Å²) >= 11 is 11.7. The Kier molecular flexibility index (Phi) is 6.72. The molecule has 0 saturated carbocycles. The summed E-state index contributed by atoms with van der Waals surface area (Å²) < 4.78 is 13.4. The number of hydrogen-bond acceptors (Lipinski definition) is 1. The first kappa shape index (κ1) is 17.2. The van der Waals surface area contributed by atoms with Crippen molar-refractivity contribution >= 4 is 29.1 Å². The summed E-state index contributed by atoms with van der Waals surface area (Å²) in [5.41, 5.74) is 0.630. The van der Waals surface area contributed by atoms with Crippen molar-refractivity contribution in [1.82, 2.24) is 5.32 Å². The second kappa shape index (κ2) is 7.81. The minimum absolute atomic E-state index is 0.000580. The molecule has 1 amide bonds. The van der Waals surface area contributed by atoms with E-state index in [1.807, 2.05) is 26.1 Å². The molecule has 0 bridgehead atoms. The van der Waals surface area contributed by atoms with Crippen molar-refractivity contribution in [1.29, 1.82) is 0 Å². The van der Waals surface area contributed by atoms with Crippen molar-refractivity contribution in [2.45, 2.75) is 26.8 Å². The van der Waals surface area contributed by atoms with Crippen molar-refractivity contribution in [2.24, 2.45) is 5.92 Å². The summed E-state index contributed by atoms with van der Waals surface area (Å²) in [4.78, 5) is 11.6. The monoisotopic (exact) mass is 321 g/mol. The van der Waals surface area contributed by atoms with Gasteiger partial charge in [0.2, 0.25) is 0 Å². The molecule has 0 aliphatic carbocycles. The first-order valence-corrected chi connectivity index (χ1v) is 7.31. The molecule has 0 aliphatic heterocycles. The van der Waals surface area contributed by atoms with Crippen molar-refractivity contribution < 1.29 is 14.5 Å². The number of carbonyl (C=O) groups is 1. The lowest BCUT2D eigenvalue weighted by molar-refractivity contribution is -0.682. The fourth-order valence-corrected chi connectivity index (χ4v) is 2.24. The van der Waals surface area contributed by atoms with Gasteiger partial charge in [-0.15, -0.1) is 0 Å². The molecule has 3 nitrogen and oxygen atoms in total. The lowest BCUT2D eigenvalue weighted by atomic mass is 10.1. The van der Waals surface area contributed by atoms with Crippen LogP contribution in [0.25, 0.3) is 0 Å². The molecule has 0 heterocycles. The van der Waals surface area contributed by atoms with Crippen LogP contribution in [-0.4, -0.2) is 19.0 Å². The van der Waals surface area contributed by atoms with E-state index in [9.17, 15) is 9.18 Å². The topological polar surface area (TPSA) is 45.7 Å². The van der Waals surface area contributed by atoms with E-state index in [2.05, 4.69) is 5.32 Å². The summed E-state index contributed by atoms with van der Waals surface area (Å²) in [6.45, 7) is 6.85. The molecule has 0 spiro atoms. The predicted octanol–water partition coefficient (Wildman–Crippen LogP) is 2.53. The van der Waals surface area contributed by atoms with Gasteiger partial charge in [-0.3, -0.25) is 4.79 Å². The van der Waals surface area contributed by atoms with Crippen LogP contribution in [0.3, 0.4) is 0 Å². The summed E-state index contributed by atoms with van der Waals surface area (Å²) in [5, 5.41) is 5.04. The molecule has 1 atom stereocenters. The van der Waals surface area contributed by atoms with Crippen LogP contribution < -0.4 is 10.6 Å². The fourth-order valence-electron chi connectivity index (χ4n) is 1.69. The highest BCUT2D eigenvalue weighted by molar-refractivity contribution is 6.35. The van der Waals surface area contributed by atoms with Crippen LogP contribution in [0.1, 0.15) is 32.4 Å². The van der Waals surface area contributed by atoms with Crippen LogP contribution >= 0.6 is 23.2 Å². The van der Waals surface area contributed by atoms with E-state index >= 15 is 0 Å². The number of carbonyl (C=O) groups excluding carboxylic acids is 1. The fraction of sp³-hybridized carbons (Fsp3) is 0.500. The van der Waals surface area contributed by atoms with Gasteiger partial charge in [-0.1, -0.05) is 37.0 Å². The third-order valence-electron chi connectivity index (χ3n) is 2.89. The van der Waals surface area contributed by atoms with Crippen molar-refractivity contribution in [3.05, 3.63) is 33.6 Å². The molecule has 0 aliphatic rings. The second-order valence-corrected chi connectivity index (χ2v) is 6.03. The molecule has 0 saturated heterocycles. The van der Waals surface area contributed by atoms with Gasteiger partial charge in [0.05, 0.1) is 10.0 Å². The summed E-state index contributed by atoms with van der Waals surface area (Å²) in [6.07, 6.45) is 0. The van der Waals surface area contributed by atoms with Crippen LogP contribution in [0.15, 0.2) is 12.1 Å². The van der Waals surface area contributed by atoms with E-state index < -0.39 is 5.82 Å². The number of hydrogen-bond donors (Lipinski definition) is 2. The molecule has 1 aromatic rings. The smallest absolute Gasteiger partial charge is 0.275 e. The van der Waals surface area contributed by atoms with Gasteiger partial charge in [0.1, 0.15) is 11.9 Å². The van der Waals surface area contributed by atoms with Crippen molar-refractivity contribution in [2.75, 3.05) is 13.1 Å². The lowest BCUT2D eigenvalue weighted by Gasteiger charge is -2.13. The molecule has 112 valence electrons. The van der Waals surface area contributed by atoms with Crippen LogP contribution in [0.2, 0.25) is 10.0 Å². The van der Waals surface area contributed by atoms with Gasteiger partial charge in [-0.05, 0) is 25.0 Å². The van der Waals surface area contributed by atoms with E-state index in [-0.39, 0.29) is 23.5 Å². The molecule has 20 heavy (non-hydrogen) atoms. The Hall–Kier alpha value is -0.840. The number of halogens is 3. The van der Waals surface area contributed by atoms with E-state index in [0.717, 1.165) is 0 Å². The number of nitrogens with two attached hydrogens (primary N) is 1. The largest absolute Gasteiger partial charge is 0.351 e. The maximum absolute atomic E-state index is 13.4. The number of benzene rings is 1. The Balaban J connectivity index is 2.57. The zero-order valence-electron chi connectivity index (χ0n) is 11.8. The zero-order chi connectivity index (χ0) is 15.3. The predicted molar refractivity (Wildman–Crippen MR) is 79.5 cm³/mol. The quantitative estimate of drug-likeness (QED) is 0.777. The van der Waals surface area contributed by atoms with Gasteiger partial charge >= 0.3 is 0 Å². The minimum Gasteiger partial charge on any atom is -0.351 e. The summed E-state index contributed by atoms with van der Waals surface area (Å²) in [5.74, 6) is -0.136. The molecule has 1 rings (SSSR count). The normalized spacial score (nSPS) is 12.6. The molecule has 0 unspecified atom stereocenters. The standard InChI is InChI=1S/C14H19Cl2FN2O/c1-8(2)6-19-14(20)7-18-9(3)10-4-13(17)12(16)5-11(10)15/h4-5,8-9,18H,6-7H2,1-3H3,(H,19,20)/p+1/t9-/m0/s1. The van der Waals surface area contributed by atoms with Crippen molar-refractivity contribution in [3.8, 4) is 0 Å². The molecule has 0 radical (unpaired) electrons. The number of nitrogens with one attached hydrogen (secondary N) is 1. The van der Waals surface area contributed by atoms with Gasteiger partial charge in [0, 0.05) is 12.1 Å². The van der Waals surface area contributed by atoms with Crippen molar-refractivity contribution in [3.63, 3.8) is 0 Å². The van der Waals surface area contributed by atoms with E-state index in [4.69, 9.17) is 23.2 Å². The molecular formula is C14H20Cl2FN2O+. The molecule has 6 heteroatoms. The third-order valence-corrected chi connectivity index (χ3v) is 3.51. The first-order valence-electron chi connectivity index (χ1n) is 6.55. The zero-order valence-corrected chi connectivity index (χ0v) is 13.4. The number of rotatable bonds is 6. The highest BCUT2D eigenvalue weighted by Gasteiger charge is 2.17. The lowest BCUT2D eigenvalue weighted by Crippen LogP contribution is -2.87. The Morgan fingerprint density at radius 2 is 1.95 bits per heavy atom. The van der Waals surface area contributed by atoms with Gasteiger partial charge in [-0.25, -0.2) is 4.39 Å². The Bertz CT molecular complexity index is 480. The Morgan fingerprint density at radius 1 is 1.30 bits per heavy atom. The minimum atomic E-state index is -0.504. The highest BCUT2D eigenvalue weighted by atomic mass is 35.5. The summed E-state index contributed by atoms with van der Waals surface area (Å²) in [7, 11) is 0. The van der Waals surface area contributed by atoms with Crippen LogP contribution in [-0.2, 0) is 4.79 Å². The van der Waals surface area contributed by atoms with Gasteiger partial charge < -0.3 is 10.6 Å². The Morgan fingerprint density at radius 3 is 2.55 bits per heavy atom. The van der Waals surface area contributed by atoms with Gasteiger partial charge in [0.25, 0.3) is 5.91 Å². The molecule has 3 N–H and O–H groups in total. The SMILES string of the molecule is CC(C)CNC(=O)C[NH2+][C@@H](C)c1cc(F)c(Cl)cc1Cl. The van der Waals surface area contributed by atoms with Crippen LogP contribution in [0, 0.1) is 11.7 Å². The van der Waals surface area contributed by atoms with E-state index in [0.29, 0.717) is 23.0 Å². The molecule has 0 fully saturated rings. The molecular weight excluding hydrogens is 302 g/mol. The maximum atomic E-state index is 13.4. The molecule has 1 aromatic carbocycles. The number of quaternary nitrogens is 1. The maximum Gasteiger partial charge on any atom is 0.275 e. The average molecular weight is 322 g/mol. The second-order valence-electron chi connectivity index (χ2n) is 5.21. The first-order chi connectivity index (χ1) is 9.31. The van der Waals surface area contributed by atoms with E-state index in [1.54, 1.807) is 0 Å². The van der Waals surface area contributed by atoms with Crippen LogP contribution in [0.5, 0.6) is 0 Å². The van der Waals surface area contributed by atoms with Gasteiger partial charge in [-0.2, -0.15) is 0 Å². The van der Waals surface area contributed by atoms with Crippen LogP contribution in [0.4, 0.5) is 4.39 Å². The summed E-state index contributed by atoms with van der Waals surface area (Å²) in [6, 6.07) is 2.58. The number of amides is 1. The van der Waals surface area contributed by atoms with Gasteiger partial charge in [0.15, 0.2) is 6.54 Å². The van der Waals surface area contributed by atoms with E-state index in [1.165, 1.54) is 12.1 Å². The Labute approximate surface area is 128 Å². The molecule has 0 aromatic heterocycles. The third kappa shape index (κ3) is 5.27. The highest BCUT2D eigenvalue weighted by Crippen LogP contribution is 2.27. The average Bonchev–Trinajstić information content (AvgIpc) is 2.37.